The third kappa shape index (κ3) is 2.61. The summed E-state index contributed by atoms with van der Waals surface area (Å²) in [5.74, 6) is 3.77. The zero-order chi connectivity index (χ0) is 9.10. The van der Waals surface area contributed by atoms with Crippen molar-refractivity contribution in [1.82, 2.24) is 10.2 Å². The number of nitrogens with one attached hydrogen (secondary N) is 1. The molecule has 2 aliphatic rings. The van der Waals surface area contributed by atoms with Crippen molar-refractivity contribution in [1.29, 1.82) is 0 Å². The fraction of sp³-hybridized carbons (Fsp3) is 1.00. The monoisotopic (exact) mass is 200 g/mol. The van der Waals surface area contributed by atoms with Gasteiger partial charge in [-0.1, -0.05) is 0 Å². The van der Waals surface area contributed by atoms with Crippen LogP contribution in [-0.4, -0.2) is 48.6 Å². The standard InChI is InChI=1S/C10H20N2S/c1-9-6-11-3-4-12(9)7-10-2-5-13-8-10/h9-11H,2-8H2,1H3. The molecule has 2 rings (SSSR count). The maximum atomic E-state index is 3.44. The van der Waals surface area contributed by atoms with E-state index in [0.29, 0.717) is 0 Å². The van der Waals surface area contributed by atoms with Gasteiger partial charge < -0.3 is 5.32 Å². The summed E-state index contributed by atoms with van der Waals surface area (Å²) >= 11 is 2.13. The topological polar surface area (TPSA) is 15.3 Å². The van der Waals surface area contributed by atoms with Crippen molar-refractivity contribution < 1.29 is 0 Å². The lowest BCUT2D eigenvalue weighted by Gasteiger charge is -2.35. The van der Waals surface area contributed by atoms with Crippen molar-refractivity contribution in [2.24, 2.45) is 5.92 Å². The molecule has 2 fully saturated rings. The normalized spacial score (nSPS) is 36.7. The Kier molecular flexibility index (Phi) is 3.52. The lowest BCUT2D eigenvalue weighted by atomic mass is 10.1. The molecule has 0 aromatic heterocycles. The molecule has 0 saturated carbocycles. The summed E-state index contributed by atoms with van der Waals surface area (Å²) in [6.45, 7) is 7.30. The number of thioether (sulfide) groups is 1. The molecule has 13 heavy (non-hydrogen) atoms. The smallest absolute Gasteiger partial charge is 0.0193 e. The van der Waals surface area contributed by atoms with Crippen LogP contribution in [0.15, 0.2) is 0 Å². The van der Waals surface area contributed by atoms with E-state index in [0.717, 1.165) is 12.0 Å². The molecule has 2 heterocycles. The van der Waals surface area contributed by atoms with Gasteiger partial charge in [-0.05, 0) is 30.8 Å². The van der Waals surface area contributed by atoms with Crippen molar-refractivity contribution in [3.05, 3.63) is 0 Å². The zero-order valence-electron chi connectivity index (χ0n) is 8.46. The Bertz CT molecular complexity index is 157. The molecule has 1 N–H and O–H groups in total. The lowest BCUT2D eigenvalue weighted by molar-refractivity contribution is 0.153. The fourth-order valence-electron chi connectivity index (χ4n) is 2.21. The first-order valence-corrected chi connectivity index (χ1v) is 6.54. The SMILES string of the molecule is CC1CNCCN1CC1CCSC1. The summed E-state index contributed by atoms with van der Waals surface area (Å²) in [4.78, 5) is 2.66. The molecule has 2 saturated heterocycles. The first-order chi connectivity index (χ1) is 6.36. The van der Waals surface area contributed by atoms with Crippen LogP contribution in [0.4, 0.5) is 0 Å². The number of rotatable bonds is 2. The van der Waals surface area contributed by atoms with Gasteiger partial charge in [0.25, 0.3) is 0 Å². The van der Waals surface area contributed by atoms with Crippen LogP contribution in [0.1, 0.15) is 13.3 Å². The maximum Gasteiger partial charge on any atom is 0.0193 e. The van der Waals surface area contributed by atoms with E-state index in [4.69, 9.17) is 0 Å². The highest BCUT2D eigenvalue weighted by Crippen LogP contribution is 2.24. The van der Waals surface area contributed by atoms with Crippen LogP contribution in [0, 0.1) is 5.92 Å². The highest BCUT2D eigenvalue weighted by Gasteiger charge is 2.23. The van der Waals surface area contributed by atoms with Gasteiger partial charge in [0.15, 0.2) is 0 Å². The summed E-state index contributed by atoms with van der Waals surface area (Å²) < 4.78 is 0. The Morgan fingerprint density at radius 1 is 1.54 bits per heavy atom. The molecule has 0 spiro atoms. The van der Waals surface area contributed by atoms with Crippen LogP contribution in [0.25, 0.3) is 0 Å². The fourth-order valence-corrected chi connectivity index (χ4v) is 3.49. The summed E-state index contributed by atoms with van der Waals surface area (Å²) in [7, 11) is 0. The maximum absolute atomic E-state index is 3.44. The number of hydrogen-bond donors (Lipinski definition) is 1. The van der Waals surface area contributed by atoms with Crippen molar-refractivity contribution in [2.75, 3.05) is 37.7 Å². The summed E-state index contributed by atoms with van der Waals surface area (Å²) in [6.07, 6.45) is 1.45. The minimum Gasteiger partial charge on any atom is -0.314 e. The van der Waals surface area contributed by atoms with E-state index in [1.54, 1.807) is 0 Å². The third-order valence-corrected chi connectivity index (χ3v) is 4.39. The van der Waals surface area contributed by atoms with Crippen molar-refractivity contribution >= 4 is 11.8 Å². The van der Waals surface area contributed by atoms with Crippen LogP contribution >= 0.6 is 11.8 Å². The van der Waals surface area contributed by atoms with E-state index in [-0.39, 0.29) is 0 Å². The van der Waals surface area contributed by atoms with Crippen LogP contribution in [0.3, 0.4) is 0 Å². The second-order valence-corrected chi connectivity index (χ2v) is 5.43. The Labute approximate surface area is 85.4 Å². The van der Waals surface area contributed by atoms with Gasteiger partial charge in [0.2, 0.25) is 0 Å². The number of hydrogen-bond acceptors (Lipinski definition) is 3. The van der Waals surface area contributed by atoms with Crippen LogP contribution in [-0.2, 0) is 0 Å². The second-order valence-electron chi connectivity index (χ2n) is 4.28. The largest absolute Gasteiger partial charge is 0.314 e. The van der Waals surface area contributed by atoms with Crippen LogP contribution in [0.5, 0.6) is 0 Å². The molecule has 0 aromatic carbocycles. The molecule has 2 atom stereocenters. The molecule has 2 unspecified atom stereocenters. The summed E-state index contributed by atoms with van der Waals surface area (Å²) in [5.41, 5.74) is 0. The molecule has 2 nitrogen and oxygen atoms in total. The first kappa shape index (κ1) is 9.81. The quantitative estimate of drug-likeness (QED) is 0.717. The summed E-state index contributed by atoms with van der Waals surface area (Å²) in [5, 5.41) is 3.44. The number of nitrogens with zero attached hydrogens (tertiary/aromatic N) is 1. The average Bonchev–Trinajstić information content (AvgIpc) is 2.61. The lowest BCUT2D eigenvalue weighted by Crippen LogP contribution is -2.51. The highest BCUT2D eigenvalue weighted by molar-refractivity contribution is 7.99. The molecule has 0 radical (unpaired) electrons. The first-order valence-electron chi connectivity index (χ1n) is 5.39. The Morgan fingerprint density at radius 3 is 3.15 bits per heavy atom. The van der Waals surface area contributed by atoms with E-state index >= 15 is 0 Å². The van der Waals surface area contributed by atoms with Crippen LogP contribution in [0.2, 0.25) is 0 Å². The van der Waals surface area contributed by atoms with Crippen molar-refractivity contribution in [3.8, 4) is 0 Å². The molecule has 2 aliphatic heterocycles. The van der Waals surface area contributed by atoms with E-state index in [1.165, 1.54) is 44.1 Å². The van der Waals surface area contributed by atoms with Gasteiger partial charge in [-0.3, -0.25) is 4.90 Å². The Morgan fingerprint density at radius 2 is 2.46 bits per heavy atom. The molecule has 0 amide bonds. The minimum atomic E-state index is 0.749. The third-order valence-electron chi connectivity index (χ3n) is 3.16. The predicted octanol–water partition coefficient (Wildman–Crippen LogP) is 1.03. The van der Waals surface area contributed by atoms with Gasteiger partial charge >= 0.3 is 0 Å². The van der Waals surface area contributed by atoms with Gasteiger partial charge in [-0.2, -0.15) is 11.8 Å². The van der Waals surface area contributed by atoms with Crippen molar-refractivity contribution in [3.63, 3.8) is 0 Å². The Hall–Kier alpha value is 0.270. The molecular weight excluding hydrogens is 180 g/mol. The molecular formula is C10H20N2S. The predicted molar refractivity (Wildman–Crippen MR) is 59.3 cm³/mol. The van der Waals surface area contributed by atoms with E-state index in [9.17, 15) is 0 Å². The van der Waals surface area contributed by atoms with E-state index in [2.05, 4.69) is 28.9 Å². The molecule has 3 heteroatoms. The highest BCUT2D eigenvalue weighted by atomic mass is 32.2. The zero-order valence-corrected chi connectivity index (χ0v) is 9.28. The van der Waals surface area contributed by atoms with Crippen LogP contribution < -0.4 is 5.32 Å². The molecule has 76 valence electrons. The minimum absolute atomic E-state index is 0.749. The van der Waals surface area contributed by atoms with Gasteiger partial charge in [0.1, 0.15) is 0 Å². The van der Waals surface area contributed by atoms with Gasteiger partial charge in [-0.25, -0.2) is 0 Å². The molecule has 0 aliphatic carbocycles. The summed E-state index contributed by atoms with van der Waals surface area (Å²) in [6, 6.07) is 0.749. The van der Waals surface area contributed by atoms with Gasteiger partial charge in [-0.15, -0.1) is 0 Å². The average molecular weight is 200 g/mol. The second kappa shape index (κ2) is 4.67. The number of piperazine rings is 1. The van der Waals surface area contributed by atoms with Gasteiger partial charge in [0.05, 0.1) is 0 Å². The van der Waals surface area contributed by atoms with E-state index in [1.807, 2.05) is 0 Å². The van der Waals surface area contributed by atoms with Crippen molar-refractivity contribution in [2.45, 2.75) is 19.4 Å². The molecule has 0 aromatic rings. The van der Waals surface area contributed by atoms with Gasteiger partial charge in [0, 0.05) is 32.2 Å². The van der Waals surface area contributed by atoms with E-state index < -0.39 is 0 Å². The Balaban J connectivity index is 1.78. The molecule has 0 bridgehead atoms.